The van der Waals surface area contributed by atoms with E-state index in [1.54, 1.807) is 20.8 Å². The van der Waals surface area contributed by atoms with Gasteiger partial charge in [0.25, 0.3) is 0 Å². The van der Waals surface area contributed by atoms with E-state index in [0.29, 0.717) is 0 Å². The Morgan fingerprint density at radius 3 is 1.55 bits per heavy atom. The van der Waals surface area contributed by atoms with Gasteiger partial charge in [-0.25, -0.2) is 0 Å². The molecule has 0 rings (SSSR count). The van der Waals surface area contributed by atoms with E-state index >= 15 is 0 Å². The Kier molecular flexibility index (Phi) is 2.98. The van der Waals surface area contributed by atoms with Crippen LogP contribution in [0.25, 0.3) is 0 Å². The summed E-state index contributed by atoms with van der Waals surface area (Å²) in [6.45, 7) is 6.07. The molecule has 0 aromatic carbocycles. The second kappa shape index (κ2) is 3.03. The highest BCUT2D eigenvalue weighted by atomic mass is 19.4. The van der Waals surface area contributed by atoms with Crippen LogP contribution >= 0.6 is 0 Å². The molecule has 3 heteroatoms. The lowest BCUT2D eigenvalue weighted by molar-refractivity contribution is -0.233. The Bertz CT molecular complexity index is 126. The van der Waals surface area contributed by atoms with Crippen LogP contribution in [0.4, 0.5) is 13.2 Å². The summed E-state index contributed by atoms with van der Waals surface area (Å²) in [5, 5.41) is 0. The second-order valence-electron chi connectivity index (χ2n) is 3.42. The van der Waals surface area contributed by atoms with E-state index in [2.05, 4.69) is 0 Å². The lowest BCUT2D eigenvalue weighted by Gasteiger charge is -2.34. The van der Waals surface area contributed by atoms with Gasteiger partial charge in [0.05, 0.1) is 5.41 Å². The van der Waals surface area contributed by atoms with Crippen LogP contribution in [0.3, 0.4) is 0 Å². The molecule has 0 saturated heterocycles. The van der Waals surface area contributed by atoms with Crippen molar-refractivity contribution in [1.29, 1.82) is 0 Å². The van der Waals surface area contributed by atoms with Crippen molar-refractivity contribution in [3.8, 4) is 0 Å². The highest BCUT2D eigenvalue weighted by Crippen LogP contribution is 2.46. The Morgan fingerprint density at radius 1 is 1.18 bits per heavy atom. The van der Waals surface area contributed by atoms with E-state index in [1.807, 2.05) is 0 Å². The molecule has 0 unspecified atom stereocenters. The summed E-state index contributed by atoms with van der Waals surface area (Å²) in [6, 6.07) is 0. The molecule has 0 aliphatic carbocycles. The fraction of sp³-hybridized carbons (Fsp3) is 1.00. The molecule has 1 atom stereocenters. The molecular weight excluding hydrogens is 153 g/mol. The third-order valence-corrected chi connectivity index (χ3v) is 2.66. The van der Waals surface area contributed by atoms with E-state index < -0.39 is 11.6 Å². The maximum absolute atomic E-state index is 12.4. The molecule has 0 amide bonds. The van der Waals surface area contributed by atoms with Crippen LogP contribution in [0.1, 0.15) is 34.1 Å². The summed E-state index contributed by atoms with van der Waals surface area (Å²) in [5.41, 5.74) is -1.52. The minimum Gasteiger partial charge on any atom is -0.171 e. The van der Waals surface area contributed by atoms with Gasteiger partial charge in [0.2, 0.25) is 0 Å². The van der Waals surface area contributed by atoms with Gasteiger partial charge in [0, 0.05) is 0 Å². The Morgan fingerprint density at radius 2 is 1.55 bits per heavy atom. The highest BCUT2D eigenvalue weighted by molar-refractivity contribution is 4.83. The van der Waals surface area contributed by atoms with E-state index in [4.69, 9.17) is 0 Å². The molecule has 0 radical (unpaired) electrons. The molecular formula is C8H15F3. The zero-order chi connectivity index (χ0) is 9.28. The Hall–Kier alpha value is -0.210. The summed E-state index contributed by atoms with van der Waals surface area (Å²) in [5.74, 6) is -0.354. The zero-order valence-electron chi connectivity index (χ0n) is 7.42. The quantitative estimate of drug-likeness (QED) is 0.590. The molecule has 0 aliphatic heterocycles. The van der Waals surface area contributed by atoms with Crippen molar-refractivity contribution in [2.45, 2.75) is 40.3 Å². The summed E-state index contributed by atoms with van der Waals surface area (Å²) in [6.07, 6.45) is -3.93. The summed E-state index contributed by atoms with van der Waals surface area (Å²) < 4.78 is 37.1. The van der Waals surface area contributed by atoms with Crippen molar-refractivity contribution in [1.82, 2.24) is 0 Å². The third-order valence-electron chi connectivity index (χ3n) is 2.66. The van der Waals surface area contributed by atoms with Crippen molar-refractivity contribution in [2.75, 3.05) is 0 Å². The van der Waals surface area contributed by atoms with E-state index in [-0.39, 0.29) is 12.3 Å². The maximum atomic E-state index is 12.4. The molecule has 0 nitrogen and oxygen atoms in total. The van der Waals surface area contributed by atoms with Crippen LogP contribution in [0.5, 0.6) is 0 Å². The molecule has 68 valence electrons. The van der Waals surface area contributed by atoms with Crippen molar-refractivity contribution < 1.29 is 13.2 Å². The fourth-order valence-electron chi connectivity index (χ4n) is 0.936. The van der Waals surface area contributed by atoms with E-state index in [1.165, 1.54) is 6.92 Å². The number of halogens is 3. The lowest BCUT2D eigenvalue weighted by atomic mass is 9.76. The molecule has 0 bridgehead atoms. The average Bonchev–Trinajstić information content (AvgIpc) is 1.83. The normalized spacial score (nSPS) is 18.5. The fourth-order valence-corrected chi connectivity index (χ4v) is 0.936. The third kappa shape index (κ3) is 1.88. The topological polar surface area (TPSA) is 0 Å². The first-order valence-corrected chi connectivity index (χ1v) is 3.82. The number of hydrogen-bond donors (Lipinski definition) is 0. The summed E-state index contributed by atoms with van der Waals surface area (Å²) in [7, 11) is 0. The number of hydrogen-bond acceptors (Lipinski definition) is 0. The van der Waals surface area contributed by atoms with Gasteiger partial charge in [-0.3, -0.25) is 0 Å². The van der Waals surface area contributed by atoms with Crippen LogP contribution in [-0.4, -0.2) is 6.18 Å². The Labute approximate surface area is 65.8 Å². The van der Waals surface area contributed by atoms with Crippen molar-refractivity contribution >= 4 is 0 Å². The van der Waals surface area contributed by atoms with E-state index in [0.717, 1.165) is 0 Å². The van der Waals surface area contributed by atoms with Crippen molar-refractivity contribution in [3.63, 3.8) is 0 Å². The van der Waals surface area contributed by atoms with Crippen LogP contribution in [0, 0.1) is 11.3 Å². The minimum atomic E-state index is -4.07. The molecule has 0 N–H and O–H groups in total. The van der Waals surface area contributed by atoms with E-state index in [9.17, 15) is 13.2 Å². The lowest BCUT2D eigenvalue weighted by Crippen LogP contribution is -2.39. The predicted molar refractivity (Wildman–Crippen MR) is 39.3 cm³/mol. The molecule has 0 fully saturated rings. The van der Waals surface area contributed by atoms with Crippen LogP contribution in [0.2, 0.25) is 0 Å². The first kappa shape index (κ1) is 10.8. The monoisotopic (exact) mass is 168 g/mol. The van der Waals surface area contributed by atoms with Gasteiger partial charge in [0.1, 0.15) is 0 Å². The minimum absolute atomic E-state index is 0.147. The van der Waals surface area contributed by atoms with Crippen LogP contribution in [-0.2, 0) is 0 Å². The molecule has 0 saturated carbocycles. The predicted octanol–water partition coefficient (Wildman–Crippen LogP) is 3.62. The highest BCUT2D eigenvalue weighted by Gasteiger charge is 2.51. The van der Waals surface area contributed by atoms with Gasteiger partial charge >= 0.3 is 6.18 Å². The smallest absolute Gasteiger partial charge is 0.171 e. The Balaban J connectivity index is 4.61. The maximum Gasteiger partial charge on any atom is 0.394 e. The van der Waals surface area contributed by atoms with Gasteiger partial charge in [-0.05, 0) is 12.3 Å². The standard InChI is InChI=1S/C8H15F3/c1-5-7(4,6(2)3)8(9,10)11/h6H,5H2,1-4H3/t7-/m0/s1. The molecule has 0 spiro atoms. The number of rotatable bonds is 2. The van der Waals surface area contributed by atoms with Gasteiger partial charge < -0.3 is 0 Å². The van der Waals surface area contributed by atoms with Crippen molar-refractivity contribution in [2.24, 2.45) is 11.3 Å². The molecule has 0 heterocycles. The molecule has 0 aliphatic rings. The van der Waals surface area contributed by atoms with Crippen LogP contribution in [0.15, 0.2) is 0 Å². The summed E-state index contributed by atoms with van der Waals surface area (Å²) >= 11 is 0. The molecule has 0 aromatic rings. The van der Waals surface area contributed by atoms with Crippen LogP contribution < -0.4 is 0 Å². The van der Waals surface area contributed by atoms with Gasteiger partial charge in [-0.1, -0.05) is 27.7 Å². The molecule has 0 aromatic heterocycles. The first-order valence-electron chi connectivity index (χ1n) is 3.82. The van der Waals surface area contributed by atoms with Crippen molar-refractivity contribution in [3.05, 3.63) is 0 Å². The largest absolute Gasteiger partial charge is 0.394 e. The average molecular weight is 168 g/mol. The van der Waals surface area contributed by atoms with Gasteiger partial charge in [0.15, 0.2) is 0 Å². The van der Waals surface area contributed by atoms with Gasteiger partial charge in [-0.2, -0.15) is 13.2 Å². The second-order valence-corrected chi connectivity index (χ2v) is 3.42. The first-order chi connectivity index (χ1) is 4.75. The zero-order valence-corrected chi connectivity index (χ0v) is 7.42. The SMILES string of the molecule is CC[C@@](C)(C(C)C)C(F)(F)F. The molecule has 11 heavy (non-hydrogen) atoms. The summed E-state index contributed by atoms with van der Waals surface area (Å²) in [4.78, 5) is 0. The van der Waals surface area contributed by atoms with Gasteiger partial charge in [-0.15, -0.1) is 0 Å². The number of alkyl halides is 3.